The average Bonchev–Trinajstić information content (AvgIpc) is 2.34. The number of nitro benzene ring substituents is 1. The highest BCUT2D eigenvalue weighted by atomic mass is 19.1. The number of hydrogen-bond acceptors (Lipinski definition) is 3. The Morgan fingerprint density at radius 3 is 2.74 bits per heavy atom. The molecule has 2 rings (SSSR count). The van der Waals surface area contributed by atoms with Gasteiger partial charge in [-0.1, -0.05) is 12.1 Å². The van der Waals surface area contributed by atoms with E-state index >= 15 is 0 Å². The van der Waals surface area contributed by atoms with E-state index in [1.165, 1.54) is 10.6 Å². The molecule has 0 amide bonds. The molecule has 1 aromatic carbocycles. The number of aromatic nitrogens is 1. The molecule has 1 heterocycles. The quantitative estimate of drug-likeness (QED) is 0.629. The number of benzene rings is 1. The number of hydrogen-bond donors (Lipinski definition) is 0. The Labute approximate surface area is 108 Å². The highest BCUT2D eigenvalue weighted by molar-refractivity contribution is 5.35. The maximum absolute atomic E-state index is 13.5. The van der Waals surface area contributed by atoms with E-state index in [-0.39, 0.29) is 12.1 Å². The van der Waals surface area contributed by atoms with Gasteiger partial charge in [0.15, 0.2) is 0 Å². The molecular weight excluding hydrogens is 251 g/mol. The van der Waals surface area contributed by atoms with Crippen LogP contribution in [-0.2, 0) is 6.54 Å². The van der Waals surface area contributed by atoms with Crippen LogP contribution < -0.4 is 5.56 Å². The molecule has 0 saturated carbocycles. The Morgan fingerprint density at radius 1 is 1.37 bits per heavy atom. The maximum Gasteiger partial charge on any atom is 0.304 e. The van der Waals surface area contributed by atoms with E-state index in [4.69, 9.17) is 0 Å². The Bertz CT molecular complexity index is 695. The van der Waals surface area contributed by atoms with Crippen LogP contribution in [0.25, 0.3) is 0 Å². The summed E-state index contributed by atoms with van der Waals surface area (Å²) >= 11 is 0. The third-order valence-corrected chi connectivity index (χ3v) is 2.77. The van der Waals surface area contributed by atoms with Crippen LogP contribution >= 0.6 is 0 Å². The summed E-state index contributed by atoms with van der Waals surface area (Å²) in [5, 5.41) is 10.5. The first-order chi connectivity index (χ1) is 8.99. The van der Waals surface area contributed by atoms with E-state index < -0.39 is 16.4 Å². The van der Waals surface area contributed by atoms with Gasteiger partial charge in [0.2, 0.25) is 5.82 Å². The predicted octanol–water partition coefficient (Wildman–Crippen LogP) is 2.25. The van der Waals surface area contributed by atoms with Gasteiger partial charge in [-0.3, -0.25) is 14.9 Å². The van der Waals surface area contributed by atoms with E-state index in [1.807, 2.05) is 0 Å². The van der Waals surface area contributed by atoms with Crippen molar-refractivity contribution in [3.63, 3.8) is 0 Å². The van der Waals surface area contributed by atoms with Gasteiger partial charge in [-0.15, -0.1) is 0 Å². The second-order valence-electron chi connectivity index (χ2n) is 4.17. The Hall–Kier alpha value is -2.50. The first kappa shape index (κ1) is 12.9. The lowest BCUT2D eigenvalue weighted by atomic mass is 10.2. The number of aryl methyl sites for hydroxylation is 1. The summed E-state index contributed by atoms with van der Waals surface area (Å²) in [6.07, 6.45) is 1.59. The molecule has 0 bridgehead atoms. The van der Waals surface area contributed by atoms with Crippen LogP contribution in [0.15, 0.2) is 41.3 Å². The monoisotopic (exact) mass is 262 g/mol. The highest BCUT2D eigenvalue weighted by Crippen LogP contribution is 2.18. The second-order valence-corrected chi connectivity index (χ2v) is 4.17. The summed E-state index contributed by atoms with van der Waals surface area (Å²) in [5.41, 5.74) is 0.349. The van der Waals surface area contributed by atoms with Gasteiger partial charge in [0.1, 0.15) is 0 Å². The van der Waals surface area contributed by atoms with Gasteiger partial charge in [-0.05, 0) is 24.6 Å². The highest BCUT2D eigenvalue weighted by Gasteiger charge is 2.13. The van der Waals surface area contributed by atoms with Gasteiger partial charge in [0.05, 0.1) is 11.5 Å². The topological polar surface area (TPSA) is 65.1 Å². The van der Waals surface area contributed by atoms with Gasteiger partial charge in [0.25, 0.3) is 5.56 Å². The number of pyridine rings is 1. The van der Waals surface area contributed by atoms with Crippen molar-refractivity contribution in [2.45, 2.75) is 13.5 Å². The fourth-order valence-electron chi connectivity index (χ4n) is 1.77. The first-order valence-electron chi connectivity index (χ1n) is 5.58. The van der Waals surface area contributed by atoms with E-state index in [2.05, 4.69) is 0 Å². The molecule has 0 saturated heterocycles. The van der Waals surface area contributed by atoms with E-state index in [0.29, 0.717) is 11.1 Å². The van der Waals surface area contributed by atoms with Crippen LogP contribution in [0.3, 0.4) is 0 Å². The summed E-state index contributed by atoms with van der Waals surface area (Å²) in [5.74, 6) is -0.900. The number of halogens is 1. The summed E-state index contributed by atoms with van der Waals surface area (Å²) in [6, 6.07) is 7.03. The normalized spacial score (nSPS) is 10.4. The lowest BCUT2D eigenvalue weighted by Gasteiger charge is -2.06. The van der Waals surface area contributed by atoms with Crippen LogP contribution in [-0.4, -0.2) is 9.49 Å². The first-order valence-corrected chi connectivity index (χ1v) is 5.58. The SMILES string of the molecule is Cc1cccn(Cc2ccc([N+](=O)[O-])c(F)c2)c1=O. The van der Waals surface area contributed by atoms with Crippen molar-refractivity contribution in [1.82, 2.24) is 4.57 Å². The molecule has 0 aliphatic carbocycles. The van der Waals surface area contributed by atoms with Crippen LogP contribution in [0.5, 0.6) is 0 Å². The Balaban J connectivity index is 2.34. The zero-order valence-corrected chi connectivity index (χ0v) is 10.2. The van der Waals surface area contributed by atoms with Crippen molar-refractivity contribution in [1.29, 1.82) is 0 Å². The second kappa shape index (κ2) is 5.01. The molecule has 0 N–H and O–H groups in total. The fraction of sp³-hybridized carbons (Fsp3) is 0.154. The largest absolute Gasteiger partial charge is 0.311 e. The van der Waals surface area contributed by atoms with Crippen molar-refractivity contribution in [3.8, 4) is 0 Å². The molecule has 1 aromatic heterocycles. The van der Waals surface area contributed by atoms with Crippen LogP contribution in [0.2, 0.25) is 0 Å². The van der Waals surface area contributed by atoms with E-state index in [9.17, 15) is 19.3 Å². The van der Waals surface area contributed by atoms with Crippen molar-refractivity contribution in [2.24, 2.45) is 0 Å². The van der Waals surface area contributed by atoms with Gasteiger partial charge in [0, 0.05) is 17.8 Å². The van der Waals surface area contributed by atoms with E-state index in [0.717, 1.165) is 12.1 Å². The Morgan fingerprint density at radius 2 is 2.11 bits per heavy atom. The van der Waals surface area contributed by atoms with E-state index in [1.54, 1.807) is 25.3 Å². The molecule has 6 heteroatoms. The third-order valence-electron chi connectivity index (χ3n) is 2.77. The summed E-state index contributed by atoms with van der Waals surface area (Å²) in [6.45, 7) is 1.87. The summed E-state index contributed by atoms with van der Waals surface area (Å²) in [7, 11) is 0. The predicted molar refractivity (Wildman–Crippen MR) is 67.6 cm³/mol. The van der Waals surface area contributed by atoms with Crippen LogP contribution in [0.1, 0.15) is 11.1 Å². The molecule has 0 spiro atoms. The molecule has 2 aromatic rings. The van der Waals surface area contributed by atoms with Gasteiger partial charge in [-0.2, -0.15) is 4.39 Å². The van der Waals surface area contributed by atoms with Crippen LogP contribution in [0.4, 0.5) is 10.1 Å². The zero-order chi connectivity index (χ0) is 14.0. The van der Waals surface area contributed by atoms with Gasteiger partial charge >= 0.3 is 5.69 Å². The zero-order valence-electron chi connectivity index (χ0n) is 10.2. The molecule has 0 radical (unpaired) electrons. The standard InChI is InChI=1S/C13H11FN2O3/c1-9-3-2-6-15(13(9)17)8-10-4-5-12(16(18)19)11(14)7-10/h2-7H,8H2,1H3. The minimum atomic E-state index is -0.900. The molecule has 5 nitrogen and oxygen atoms in total. The lowest BCUT2D eigenvalue weighted by Crippen LogP contribution is -2.21. The minimum absolute atomic E-state index is 0.165. The maximum atomic E-state index is 13.5. The molecule has 0 unspecified atom stereocenters. The summed E-state index contributed by atoms with van der Waals surface area (Å²) in [4.78, 5) is 21.5. The molecule has 0 atom stereocenters. The lowest BCUT2D eigenvalue weighted by molar-refractivity contribution is -0.387. The van der Waals surface area contributed by atoms with Gasteiger partial charge < -0.3 is 4.57 Å². The van der Waals surface area contributed by atoms with Gasteiger partial charge in [-0.25, -0.2) is 0 Å². The van der Waals surface area contributed by atoms with Crippen molar-refractivity contribution < 1.29 is 9.31 Å². The number of rotatable bonds is 3. The molecule has 98 valence electrons. The van der Waals surface area contributed by atoms with Crippen molar-refractivity contribution >= 4 is 5.69 Å². The third kappa shape index (κ3) is 2.67. The molecule has 0 aliphatic heterocycles. The average molecular weight is 262 g/mol. The van der Waals surface area contributed by atoms with Crippen molar-refractivity contribution in [3.05, 3.63) is 73.9 Å². The number of nitro groups is 1. The smallest absolute Gasteiger partial charge is 0.304 e. The van der Waals surface area contributed by atoms with Crippen molar-refractivity contribution in [2.75, 3.05) is 0 Å². The number of nitrogens with zero attached hydrogens (tertiary/aromatic N) is 2. The molecular formula is C13H11FN2O3. The molecule has 19 heavy (non-hydrogen) atoms. The molecule has 0 aliphatic rings. The molecule has 0 fully saturated rings. The fourth-order valence-corrected chi connectivity index (χ4v) is 1.77. The Kier molecular flexibility index (Phi) is 3.41. The van der Waals surface area contributed by atoms with Crippen LogP contribution in [0, 0.1) is 22.9 Å². The summed E-state index contributed by atoms with van der Waals surface area (Å²) < 4.78 is 14.9. The minimum Gasteiger partial charge on any atom is -0.311 e.